The summed E-state index contributed by atoms with van der Waals surface area (Å²) in [4.78, 5) is 14.5. The van der Waals surface area contributed by atoms with Crippen LogP contribution in [-0.2, 0) is 5.88 Å². The van der Waals surface area contributed by atoms with Gasteiger partial charge in [-0.1, -0.05) is 0 Å². The average Bonchev–Trinajstić information content (AvgIpc) is 2.26. The van der Waals surface area contributed by atoms with Crippen molar-refractivity contribution in [1.82, 2.24) is 4.98 Å². The second-order valence-corrected chi connectivity index (χ2v) is 3.08. The molecule has 17 heavy (non-hydrogen) atoms. The molecule has 0 amide bonds. The van der Waals surface area contributed by atoms with Crippen molar-refractivity contribution in [3.63, 3.8) is 0 Å². The molecule has 0 aliphatic heterocycles. The third-order valence-corrected chi connectivity index (χ3v) is 2.05. The Morgan fingerprint density at radius 1 is 1.53 bits per heavy atom. The number of hydrogen-bond donors (Lipinski definition) is 0. The zero-order valence-electron chi connectivity index (χ0n) is 8.55. The third kappa shape index (κ3) is 3.23. The fourth-order valence-electron chi connectivity index (χ4n) is 1.12. The van der Waals surface area contributed by atoms with E-state index < -0.39 is 12.1 Å². The molecule has 0 aromatic carbocycles. The number of aldehydes is 1. The summed E-state index contributed by atoms with van der Waals surface area (Å²) in [6, 6.07) is 0. The number of pyridine rings is 1. The van der Waals surface area contributed by atoms with Gasteiger partial charge in [-0.05, 0) is 0 Å². The number of ether oxygens (including phenoxy) is 2. The number of hydrogen-bond acceptors (Lipinski definition) is 4. The highest BCUT2D eigenvalue weighted by atomic mass is 35.5. The van der Waals surface area contributed by atoms with Gasteiger partial charge in [-0.2, -0.15) is 0 Å². The number of aromatic nitrogens is 1. The number of nitrogens with zero attached hydrogens (tertiary/aromatic N) is 1. The van der Waals surface area contributed by atoms with Gasteiger partial charge >= 0.3 is 6.36 Å². The van der Waals surface area contributed by atoms with Crippen molar-refractivity contribution in [2.45, 2.75) is 12.2 Å². The molecule has 94 valence electrons. The zero-order valence-corrected chi connectivity index (χ0v) is 9.30. The maximum Gasteiger partial charge on any atom is 0.573 e. The first kappa shape index (κ1) is 13.6. The Morgan fingerprint density at radius 2 is 2.18 bits per heavy atom. The molecular formula is C9H7ClF3NO3. The first-order valence-electron chi connectivity index (χ1n) is 4.25. The van der Waals surface area contributed by atoms with E-state index in [0.717, 1.165) is 13.3 Å². The van der Waals surface area contributed by atoms with Gasteiger partial charge in [-0.3, -0.25) is 9.78 Å². The van der Waals surface area contributed by atoms with Crippen molar-refractivity contribution >= 4 is 17.9 Å². The lowest BCUT2D eigenvalue weighted by molar-refractivity contribution is -0.275. The summed E-state index contributed by atoms with van der Waals surface area (Å²) < 4.78 is 44.9. The van der Waals surface area contributed by atoms with Crippen molar-refractivity contribution in [1.29, 1.82) is 0 Å². The predicted molar refractivity (Wildman–Crippen MR) is 52.4 cm³/mol. The molecule has 4 nitrogen and oxygen atoms in total. The third-order valence-electron chi connectivity index (χ3n) is 1.80. The molecule has 0 bridgehead atoms. The standard InChI is InChI=1S/C9H7ClF3NO3/c1-16-7-3-14-6(2-10)5(4-15)8(7)17-9(11,12)13/h3-4H,2H2,1H3. The molecule has 0 radical (unpaired) electrons. The molecule has 0 atom stereocenters. The van der Waals surface area contributed by atoms with E-state index in [2.05, 4.69) is 14.5 Å². The summed E-state index contributed by atoms with van der Waals surface area (Å²) in [7, 11) is 1.13. The number of rotatable bonds is 4. The molecular weight excluding hydrogens is 263 g/mol. The Labute approximate surface area is 99.3 Å². The molecule has 8 heteroatoms. The van der Waals surface area contributed by atoms with Crippen LogP contribution in [0.1, 0.15) is 16.1 Å². The Morgan fingerprint density at radius 3 is 2.59 bits per heavy atom. The summed E-state index contributed by atoms with van der Waals surface area (Å²) >= 11 is 5.45. The van der Waals surface area contributed by atoms with E-state index in [9.17, 15) is 18.0 Å². The van der Waals surface area contributed by atoms with Crippen LogP contribution in [0.2, 0.25) is 0 Å². The van der Waals surface area contributed by atoms with Gasteiger partial charge in [0.2, 0.25) is 0 Å². The number of alkyl halides is 4. The van der Waals surface area contributed by atoms with E-state index in [0.29, 0.717) is 0 Å². The smallest absolute Gasteiger partial charge is 0.491 e. The quantitative estimate of drug-likeness (QED) is 0.622. The van der Waals surface area contributed by atoms with Crippen LogP contribution in [0, 0.1) is 0 Å². The molecule has 0 spiro atoms. The van der Waals surface area contributed by atoms with Gasteiger partial charge in [0, 0.05) is 0 Å². The van der Waals surface area contributed by atoms with Gasteiger partial charge in [-0.25, -0.2) is 0 Å². The Kier molecular flexibility index (Phi) is 4.17. The van der Waals surface area contributed by atoms with Gasteiger partial charge in [0.05, 0.1) is 30.4 Å². The Bertz CT molecular complexity index is 423. The molecule has 0 unspecified atom stereocenters. The van der Waals surface area contributed by atoms with Crippen LogP contribution < -0.4 is 9.47 Å². The molecule has 0 saturated heterocycles. The molecule has 0 aliphatic carbocycles. The minimum absolute atomic E-state index is 0.0123. The molecule has 0 saturated carbocycles. The number of carbonyl (C=O) groups excluding carboxylic acids is 1. The monoisotopic (exact) mass is 269 g/mol. The van der Waals surface area contributed by atoms with Crippen LogP contribution in [0.4, 0.5) is 13.2 Å². The number of carbonyl (C=O) groups is 1. The first-order chi connectivity index (χ1) is 7.92. The molecule has 0 aliphatic rings. The predicted octanol–water partition coefficient (Wildman–Crippen LogP) is 2.54. The minimum atomic E-state index is -4.93. The molecule has 1 aromatic heterocycles. The fraction of sp³-hybridized carbons (Fsp3) is 0.333. The second kappa shape index (κ2) is 5.22. The highest BCUT2D eigenvalue weighted by Crippen LogP contribution is 2.35. The van der Waals surface area contributed by atoms with Crippen molar-refractivity contribution in [3.8, 4) is 11.5 Å². The van der Waals surface area contributed by atoms with E-state index in [-0.39, 0.29) is 29.2 Å². The normalized spacial score (nSPS) is 11.1. The molecule has 0 N–H and O–H groups in total. The Balaban J connectivity index is 3.35. The van der Waals surface area contributed by atoms with Crippen molar-refractivity contribution in [3.05, 3.63) is 17.5 Å². The van der Waals surface area contributed by atoms with E-state index >= 15 is 0 Å². The number of methoxy groups -OCH3 is 1. The van der Waals surface area contributed by atoms with Gasteiger partial charge in [0.1, 0.15) is 0 Å². The summed E-state index contributed by atoms with van der Waals surface area (Å²) in [6.45, 7) is 0. The highest BCUT2D eigenvalue weighted by molar-refractivity contribution is 6.17. The van der Waals surface area contributed by atoms with Crippen molar-refractivity contribution in [2.24, 2.45) is 0 Å². The SMILES string of the molecule is COc1cnc(CCl)c(C=O)c1OC(F)(F)F. The van der Waals surface area contributed by atoms with E-state index in [1.165, 1.54) is 0 Å². The van der Waals surface area contributed by atoms with Gasteiger partial charge in [0.15, 0.2) is 17.8 Å². The molecule has 1 aromatic rings. The zero-order chi connectivity index (χ0) is 13.1. The van der Waals surface area contributed by atoms with Crippen LogP contribution in [0.15, 0.2) is 6.20 Å². The van der Waals surface area contributed by atoms with Gasteiger partial charge < -0.3 is 9.47 Å². The molecule has 1 heterocycles. The van der Waals surface area contributed by atoms with E-state index in [1.54, 1.807) is 0 Å². The lowest BCUT2D eigenvalue weighted by Gasteiger charge is -2.15. The van der Waals surface area contributed by atoms with Crippen LogP contribution >= 0.6 is 11.6 Å². The lowest BCUT2D eigenvalue weighted by Crippen LogP contribution is -2.19. The van der Waals surface area contributed by atoms with Crippen LogP contribution in [0.25, 0.3) is 0 Å². The maximum atomic E-state index is 12.2. The lowest BCUT2D eigenvalue weighted by atomic mass is 10.2. The summed E-state index contributed by atoms with van der Waals surface area (Å²) in [5, 5.41) is 0. The molecule has 0 fully saturated rings. The van der Waals surface area contributed by atoms with Gasteiger partial charge in [0.25, 0.3) is 0 Å². The second-order valence-electron chi connectivity index (χ2n) is 2.82. The van der Waals surface area contributed by atoms with Crippen LogP contribution in [0.5, 0.6) is 11.5 Å². The van der Waals surface area contributed by atoms with Crippen molar-refractivity contribution in [2.75, 3.05) is 7.11 Å². The van der Waals surface area contributed by atoms with Gasteiger partial charge in [-0.15, -0.1) is 24.8 Å². The minimum Gasteiger partial charge on any atom is -0.491 e. The largest absolute Gasteiger partial charge is 0.573 e. The Hall–Kier alpha value is -1.50. The van der Waals surface area contributed by atoms with Crippen LogP contribution in [-0.4, -0.2) is 24.7 Å². The first-order valence-corrected chi connectivity index (χ1v) is 4.79. The summed E-state index contributed by atoms with van der Waals surface area (Å²) in [5.41, 5.74) is -0.390. The molecule has 1 rings (SSSR count). The topological polar surface area (TPSA) is 48.4 Å². The van der Waals surface area contributed by atoms with Crippen LogP contribution in [0.3, 0.4) is 0 Å². The van der Waals surface area contributed by atoms with E-state index in [1.807, 2.05) is 0 Å². The fourth-order valence-corrected chi connectivity index (χ4v) is 1.34. The maximum absolute atomic E-state index is 12.2. The van der Waals surface area contributed by atoms with E-state index in [4.69, 9.17) is 11.6 Å². The average molecular weight is 270 g/mol. The summed E-state index contributed by atoms with van der Waals surface area (Å²) in [6.07, 6.45) is -3.74. The highest BCUT2D eigenvalue weighted by Gasteiger charge is 2.34. The summed E-state index contributed by atoms with van der Waals surface area (Å²) in [5.74, 6) is -1.24. The number of halogens is 4. The van der Waals surface area contributed by atoms with Crippen molar-refractivity contribution < 1.29 is 27.4 Å².